The number of nitrogens with two attached hydrogens (primary N) is 1. The summed E-state index contributed by atoms with van der Waals surface area (Å²) >= 11 is 0.499. The van der Waals surface area contributed by atoms with Gasteiger partial charge < -0.3 is 21.1 Å². The quantitative estimate of drug-likeness (QED) is 0.255. The number of thiazole rings is 1. The summed E-state index contributed by atoms with van der Waals surface area (Å²) in [6, 6.07) is 5.59. The molecule has 42 heavy (non-hydrogen) atoms. The Morgan fingerprint density at radius 3 is 2.31 bits per heavy atom. The van der Waals surface area contributed by atoms with E-state index in [1.165, 1.54) is 11.8 Å². The fourth-order valence-corrected chi connectivity index (χ4v) is 7.63. The third-order valence-electron chi connectivity index (χ3n) is 6.73. The molecule has 0 saturated heterocycles. The molecular formula is C28H41F3N4O5S2. The van der Waals surface area contributed by atoms with Crippen LogP contribution in [0.2, 0.25) is 0 Å². The standard InChI is InChI=1S/C28H41F3N4O5S2/c1-5-9-22(10-6-2)42(39,40)17-23(34-26(37)24-25(28(29,30)31)33-18(4)41-24)27(38)35(16-21(36)14-32)15-20-12-8-11-19(7-3)13-20/h8,11-13,21-23,36H,5-7,9-10,14-17,32H2,1-4H3,(H,34,37)/t21-,23?/m0/s1. The average molecular weight is 635 g/mol. The first kappa shape index (κ1) is 35.6. The number of aliphatic hydroxyl groups is 1. The van der Waals surface area contributed by atoms with Crippen LogP contribution in [0.4, 0.5) is 13.2 Å². The van der Waals surface area contributed by atoms with Gasteiger partial charge in [0.25, 0.3) is 5.91 Å². The van der Waals surface area contributed by atoms with Crippen molar-refractivity contribution in [1.82, 2.24) is 15.2 Å². The van der Waals surface area contributed by atoms with Crippen molar-refractivity contribution in [3.63, 3.8) is 0 Å². The largest absolute Gasteiger partial charge is 0.435 e. The monoisotopic (exact) mass is 634 g/mol. The summed E-state index contributed by atoms with van der Waals surface area (Å²) in [6.07, 6.45) is -3.59. The molecule has 1 aromatic carbocycles. The molecule has 0 bridgehead atoms. The third-order valence-corrected chi connectivity index (χ3v) is 9.98. The van der Waals surface area contributed by atoms with Gasteiger partial charge in [-0.2, -0.15) is 13.2 Å². The van der Waals surface area contributed by atoms with Crippen molar-refractivity contribution in [3.05, 3.63) is 51.0 Å². The second-order valence-corrected chi connectivity index (χ2v) is 13.8. The van der Waals surface area contributed by atoms with Crippen LogP contribution in [-0.4, -0.2) is 71.5 Å². The molecule has 2 atom stereocenters. The molecular weight excluding hydrogens is 593 g/mol. The minimum Gasteiger partial charge on any atom is -0.390 e. The number of carbonyl (C=O) groups excluding carboxylic acids is 2. The van der Waals surface area contributed by atoms with Crippen LogP contribution in [0.15, 0.2) is 24.3 Å². The number of aromatic nitrogens is 1. The fraction of sp³-hybridized carbons (Fsp3) is 0.607. The van der Waals surface area contributed by atoms with Gasteiger partial charge in [-0.1, -0.05) is 57.9 Å². The molecule has 1 heterocycles. The first-order valence-electron chi connectivity index (χ1n) is 14.0. The van der Waals surface area contributed by atoms with E-state index >= 15 is 0 Å². The van der Waals surface area contributed by atoms with E-state index in [0.717, 1.165) is 12.0 Å². The van der Waals surface area contributed by atoms with Gasteiger partial charge in [-0.15, -0.1) is 11.3 Å². The molecule has 2 rings (SSSR count). The third kappa shape index (κ3) is 10.0. The second kappa shape index (κ2) is 15.8. The van der Waals surface area contributed by atoms with E-state index in [9.17, 15) is 36.3 Å². The van der Waals surface area contributed by atoms with Crippen molar-refractivity contribution in [3.8, 4) is 0 Å². The molecule has 4 N–H and O–H groups in total. The molecule has 0 aliphatic heterocycles. The topological polar surface area (TPSA) is 143 Å². The Kier molecular flexibility index (Phi) is 13.4. The van der Waals surface area contributed by atoms with E-state index in [0.29, 0.717) is 42.6 Å². The lowest BCUT2D eigenvalue weighted by Gasteiger charge is -2.30. The van der Waals surface area contributed by atoms with Gasteiger partial charge in [0.15, 0.2) is 15.5 Å². The highest BCUT2D eigenvalue weighted by molar-refractivity contribution is 7.92. The first-order chi connectivity index (χ1) is 19.7. The zero-order valence-corrected chi connectivity index (χ0v) is 26.0. The predicted octanol–water partition coefficient (Wildman–Crippen LogP) is 3.86. The molecule has 0 fully saturated rings. The van der Waals surface area contributed by atoms with E-state index in [1.54, 1.807) is 12.1 Å². The summed E-state index contributed by atoms with van der Waals surface area (Å²) in [5, 5.41) is 11.8. The fourth-order valence-electron chi connectivity index (χ4n) is 4.64. The van der Waals surface area contributed by atoms with Gasteiger partial charge in [-0.3, -0.25) is 9.59 Å². The normalized spacial score (nSPS) is 13.7. The second-order valence-electron chi connectivity index (χ2n) is 10.2. The molecule has 0 aliphatic carbocycles. The molecule has 0 aliphatic rings. The number of amides is 2. The number of benzene rings is 1. The summed E-state index contributed by atoms with van der Waals surface area (Å²) in [6.45, 7) is 6.40. The van der Waals surface area contributed by atoms with Gasteiger partial charge in [0.05, 0.1) is 22.1 Å². The highest BCUT2D eigenvalue weighted by Gasteiger charge is 2.41. The molecule has 9 nitrogen and oxygen atoms in total. The van der Waals surface area contributed by atoms with Crippen molar-refractivity contribution < 1.29 is 36.3 Å². The number of carbonyl (C=O) groups is 2. The number of aliphatic hydroxyl groups excluding tert-OH is 1. The van der Waals surface area contributed by atoms with Crippen molar-refractivity contribution in [1.29, 1.82) is 0 Å². The number of sulfone groups is 1. The highest BCUT2D eigenvalue weighted by Crippen LogP contribution is 2.34. The predicted molar refractivity (Wildman–Crippen MR) is 157 cm³/mol. The molecule has 0 spiro atoms. The average Bonchev–Trinajstić information content (AvgIpc) is 3.34. The summed E-state index contributed by atoms with van der Waals surface area (Å²) in [4.78, 5) is 31.1. The van der Waals surface area contributed by atoms with Crippen LogP contribution in [0.3, 0.4) is 0 Å². The van der Waals surface area contributed by atoms with Gasteiger partial charge in [-0.05, 0) is 37.3 Å². The molecule has 0 radical (unpaired) electrons. The lowest BCUT2D eigenvalue weighted by Crippen LogP contribution is -2.54. The summed E-state index contributed by atoms with van der Waals surface area (Å²) in [5.74, 6) is -2.93. The number of rotatable bonds is 16. The van der Waals surface area contributed by atoms with Crippen molar-refractivity contribution in [2.45, 2.75) is 89.9 Å². The SMILES string of the molecule is CCCC(CCC)S(=O)(=O)CC(NC(=O)c1sc(C)nc1C(F)(F)F)C(=O)N(Cc1cccc(CC)c1)C[C@@H](O)CN. The van der Waals surface area contributed by atoms with E-state index in [-0.39, 0.29) is 24.6 Å². The molecule has 236 valence electrons. The summed E-state index contributed by atoms with van der Waals surface area (Å²) in [5.41, 5.74) is 5.86. The number of alkyl halides is 3. The lowest BCUT2D eigenvalue weighted by atomic mass is 10.1. The van der Waals surface area contributed by atoms with E-state index in [2.05, 4.69) is 10.3 Å². The Labute approximate surface area is 249 Å². The highest BCUT2D eigenvalue weighted by atomic mass is 32.2. The van der Waals surface area contributed by atoms with Crippen LogP contribution in [0, 0.1) is 6.92 Å². The number of nitrogens with zero attached hydrogens (tertiary/aromatic N) is 2. The van der Waals surface area contributed by atoms with Crippen LogP contribution in [0.25, 0.3) is 0 Å². The summed E-state index contributed by atoms with van der Waals surface area (Å²) in [7, 11) is -3.99. The lowest BCUT2D eigenvalue weighted by molar-refractivity contribution is -0.141. The zero-order valence-electron chi connectivity index (χ0n) is 24.4. The minimum atomic E-state index is -4.93. The van der Waals surface area contributed by atoms with Gasteiger partial charge in [-0.25, -0.2) is 13.4 Å². The number of aryl methyl sites for hydroxylation is 2. The zero-order chi connectivity index (χ0) is 31.7. The van der Waals surface area contributed by atoms with Crippen molar-refractivity contribution in [2.24, 2.45) is 5.73 Å². The maximum atomic E-state index is 14.0. The van der Waals surface area contributed by atoms with Gasteiger partial charge in [0, 0.05) is 19.6 Å². The molecule has 1 unspecified atom stereocenters. The molecule has 1 aromatic heterocycles. The number of hydrogen-bond donors (Lipinski definition) is 3. The Balaban J connectivity index is 2.55. The van der Waals surface area contributed by atoms with Crippen molar-refractivity contribution >= 4 is 33.0 Å². The molecule has 2 aromatic rings. The van der Waals surface area contributed by atoms with Gasteiger partial charge in [0.2, 0.25) is 5.91 Å². The van der Waals surface area contributed by atoms with Crippen molar-refractivity contribution in [2.75, 3.05) is 18.8 Å². The maximum absolute atomic E-state index is 14.0. The van der Waals surface area contributed by atoms with E-state index in [4.69, 9.17) is 5.73 Å². The molecule has 14 heteroatoms. The number of nitrogens with one attached hydrogen (secondary N) is 1. The minimum absolute atomic E-state index is 0.0163. The number of hydrogen-bond acceptors (Lipinski definition) is 8. The Morgan fingerprint density at radius 2 is 1.76 bits per heavy atom. The number of halogens is 3. The van der Waals surface area contributed by atoms with Gasteiger partial charge >= 0.3 is 6.18 Å². The Morgan fingerprint density at radius 1 is 1.14 bits per heavy atom. The molecule has 2 amide bonds. The van der Waals surface area contributed by atoms with Crippen LogP contribution in [0.1, 0.15) is 78.0 Å². The van der Waals surface area contributed by atoms with Crippen LogP contribution >= 0.6 is 11.3 Å². The maximum Gasteiger partial charge on any atom is 0.435 e. The van der Waals surface area contributed by atoms with Crippen LogP contribution in [0.5, 0.6) is 0 Å². The van der Waals surface area contributed by atoms with Gasteiger partial charge in [0.1, 0.15) is 10.9 Å². The first-order valence-corrected chi connectivity index (χ1v) is 16.5. The van der Waals surface area contributed by atoms with E-state index < -0.39 is 61.5 Å². The molecule has 0 saturated carbocycles. The Bertz CT molecular complexity index is 1290. The van der Waals surface area contributed by atoms with Crippen LogP contribution < -0.4 is 11.1 Å². The van der Waals surface area contributed by atoms with Crippen LogP contribution in [-0.2, 0) is 33.8 Å². The summed E-state index contributed by atoms with van der Waals surface area (Å²) < 4.78 is 68.0. The Hall–Kier alpha value is -2.55. The smallest absolute Gasteiger partial charge is 0.390 e. The van der Waals surface area contributed by atoms with E-state index in [1.807, 2.05) is 32.9 Å².